The van der Waals surface area contributed by atoms with Crippen LogP contribution in [0.25, 0.3) is 0 Å². The third kappa shape index (κ3) is 4.86. The maximum Gasteiger partial charge on any atom is 0.246 e. The first-order chi connectivity index (χ1) is 15.3. The summed E-state index contributed by atoms with van der Waals surface area (Å²) in [6.07, 6.45) is 2.96. The van der Waals surface area contributed by atoms with Crippen LogP contribution in [0.5, 0.6) is 0 Å². The van der Waals surface area contributed by atoms with Crippen LogP contribution >= 0.6 is 0 Å². The normalized spacial score (nSPS) is 19.0. The molecule has 2 fully saturated rings. The van der Waals surface area contributed by atoms with E-state index in [1.165, 1.54) is 0 Å². The summed E-state index contributed by atoms with van der Waals surface area (Å²) in [5.41, 5.74) is 1.06. The zero-order valence-electron chi connectivity index (χ0n) is 18.1. The van der Waals surface area contributed by atoms with Crippen molar-refractivity contribution in [3.8, 4) is 0 Å². The Bertz CT molecular complexity index is 1070. The fraction of sp³-hybridized carbons (Fsp3) is 0.458. The molecule has 0 radical (unpaired) electrons. The van der Waals surface area contributed by atoms with E-state index in [1.54, 1.807) is 0 Å². The highest BCUT2D eigenvalue weighted by Crippen LogP contribution is 2.37. The van der Waals surface area contributed by atoms with Gasteiger partial charge in [-0.2, -0.15) is 4.31 Å². The lowest BCUT2D eigenvalue weighted by atomic mass is 9.95. The maximum atomic E-state index is 14.1. The van der Waals surface area contributed by atoms with Gasteiger partial charge in [0.05, 0.1) is 0 Å². The Morgan fingerprint density at radius 3 is 2.34 bits per heavy atom. The summed E-state index contributed by atoms with van der Waals surface area (Å²) in [6.45, 7) is 2.83. The van der Waals surface area contributed by atoms with Crippen molar-refractivity contribution >= 4 is 15.9 Å². The van der Waals surface area contributed by atoms with Gasteiger partial charge in [-0.1, -0.05) is 30.3 Å². The van der Waals surface area contributed by atoms with E-state index in [4.69, 9.17) is 0 Å². The average molecular weight is 463 g/mol. The van der Waals surface area contributed by atoms with E-state index < -0.39 is 26.6 Å². The molecule has 8 heteroatoms. The van der Waals surface area contributed by atoms with Crippen molar-refractivity contribution in [2.24, 2.45) is 11.8 Å². The first kappa shape index (κ1) is 22.9. The van der Waals surface area contributed by atoms with Gasteiger partial charge in [-0.3, -0.25) is 4.79 Å². The van der Waals surface area contributed by atoms with Gasteiger partial charge in [0.2, 0.25) is 15.9 Å². The molecule has 0 N–H and O–H groups in total. The maximum absolute atomic E-state index is 14.1. The van der Waals surface area contributed by atoms with Gasteiger partial charge < -0.3 is 4.90 Å². The lowest BCUT2D eigenvalue weighted by Gasteiger charge is -2.36. The number of carbonyl (C=O) groups is 1. The van der Waals surface area contributed by atoms with Gasteiger partial charge in [-0.15, -0.1) is 0 Å². The molecule has 172 valence electrons. The number of hydrogen-bond donors (Lipinski definition) is 0. The number of benzene rings is 2. The standard InChI is InChI=1S/C24H28F2N2O3S/c1-17(19-7-8-19)28(16-18-5-3-2-4-6-18)24(29)20-11-13-27(14-12-20)32(30,31)23-15-21(25)9-10-22(23)26/h2-6,9-10,15,17,19-20H,7-8,11-14,16H2,1H3. The zero-order valence-corrected chi connectivity index (χ0v) is 18.9. The lowest BCUT2D eigenvalue weighted by molar-refractivity contribution is -0.140. The van der Waals surface area contributed by atoms with E-state index in [1.807, 2.05) is 35.2 Å². The van der Waals surface area contributed by atoms with Crippen molar-refractivity contribution in [3.05, 3.63) is 65.7 Å². The minimum Gasteiger partial charge on any atom is -0.335 e. The van der Waals surface area contributed by atoms with Crippen molar-refractivity contribution in [3.63, 3.8) is 0 Å². The SMILES string of the molecule is CC(C1CC1)N(Cc1ccccc1)C(=O)C1CCN(S(=O)(=O)c2cc(F)ccc2F)CC1. The minimum absolute atomic E-state index is 0.0437. The Labute approximate surface area is 188 Å². The Morgan fingerprint density at radius 2 is 1.72 bits per heavy atom. The summed E-state index contributed by atoms with van der Waals surface area (Å²) in [5.74, 6) is -1.51. The van der Waals surface area contributed by atoms with E-state index in [0.29, 0.717) is 31.4 Å². The molecule has 1 saturated carbocycles. The smallest absolute Gasteiger partial charge is 0.246 e. The monoisotopic (exact) mass is 462 g/mol. The minimum atomic E-state index is -4.16. The molecule has 1 heterocycles. The van der Waals surface area contributed by atoms with Crippen molar-refractivity contribution in [1.29, 1.82) is 0 Å². The Morgan fingerprint density at radius 1 is 1.06 bits per heavy atom. The number of carbonyl (C=O) groups excluding carboxylic acids is 1. The van der Waals surface area contributed by atoms with Crippen LogP contribution in [0.3, 0.4) is 0 Å². The molecule has 1 amide bonds. The van der Waals surface area contributed by atoms with Crippen LogP contribution in [-0.2, 0) is 21.4 Å². The highest BCUT2D eigenvalue weighted by atomic mass is 32.2. The second kappa shape index (κ2) is 9.27. The van der Waals surface area contributed by atoms with Crippen LogP contribution in [0, 0.1) is 23.5 Å². The van der Waals surface area contributed by atoms with Gasteiger partial charge >= 0.3 is 0 Å². The summed E-state index contributed by atoms with van der Waals surface area (Å²) >= 11 is 0. The largest absolute Gasteiger partial charge is 0.335 e. The van der Waals surface area contributed by atoms with Gasteiger partial charge in [0.15, 0.2) is 0 Å². The van der Waals surface area contributed by atoms with Crippen LogP contribution in [0.1, 0.15) is 38.2 Å². The molecule has 0 spiro atoms. The summed E-state index contributed by atoms with van der Waals surface area (Å²) in [7, 11) is -4.16. The molecule has 2 aromatic rings. The highest BCUT2D eigenvalue weighted by molar-refractivity contribution is 7.89. The molecule has 4 rings (SSSR count). The van der Waals surface area contributed by atoms with E-state index in [9.17, 15) is 22.0 Å². The molecule has 1 aliphatic heterocycles. The quantitative estimate of drug-likeness (QED) is 0.620. The van der Waals surface area contributed by atoms with Crippen LogP contribution in [0.4, 0.5) is 8.78 Å². The molecule has 32 heavy (non-hydrogen) atoms. The summed E-state index contributed by atoms with van der Waals surface area (Å²) in [6, 6.07) is 12.4. The average Bonchev–Trinajstić information content (AvgIpc) is 3.64. The van der Waals surface area contributed by atoms with E-state index in [-0.39, 0.29) is 31.0 Å². The fourth-order valence-corrected chi connectivity index (χ4v) is 5.97. The number of nitrogens with zero attached hydrogens (tertiary/aromatic N) is 2. The highest BCUT2D eigenvalue weighted by Gasteiger charge is 2.39. The molecule has 0 aromatic heterocycles. The molecule has 0 bridgehead atoms. The van der Waals surface area contributed by atoms with Crippen LogP contribution < -0.4 is 0 Å². The van der Waals surface area contributed by atoms with Crippen molar-refractivity contribution in [2.75, 3.05) is 13.1 Å². The predicted molar refractivity (Wildman–Crippen MR) is 117 cm³/mol. The van der Waals surface area contributed by atoms with Gasteiger partial charge in [-0.25, -0.2) is 17.2 Å². The van der Waals surface area contributed by atoms with Gasteiger partial charge in [0, 0.05) is 31.6 Å². The Hall–Kier alpha value is -2.32. The zero-order chi connectivity index (χ0) is 22.9. The van der Waals surface area contributed by atoms with Crippen molar-refractivity contribution in [2.45, 2.75) is 50.1 Å². The van der Waals surface area contributed by atoms with Gasteiger partial charge in [0.1, 0.15) is 16.5 Å². The second-order valence-electron chi connectivity index (χ2n) is 8.78. The van der Waals surface area contributed by atoms with Crippen molar-refractivity contribution < 1.29 is 22.0 Å². The van der Waals surface area contributed by atoms with Crippen LogP contribution in [0.15, 0.2) is 53.4 Å². The molecule has 1 atom stereocenters. The topological polar surface area (TPSA) is 57.7 Å². The number of sulfonamides is 1. The second-order valence-corrected chi connectivity index (χ2v) is 10.7. The van der Waals surface area contributed by atoms with Crippen molar-refractivity contribution in [1.82, 2.24) is 9.21 Å². The first-order valence-corrected chi connectivity index (χ1v) is 12.5. The van der Waals surface area contributed by atoms with Crippen LogP contribution in [0.2, 0.25) is 0 Å². The molecule has 2 aromatic carbocycles. The molecule has 1 saturated heterocycles. The fourth-order valence-electron chi connectivity index (χ4n) is 4.43. The van der Waals surface area contributed by atoms with E-state index in [0.717, 1.165) is 34.8 Å². The van der Waals surface area contributed by atoms with E-state index in [2.05, 4.69) is 6.92 Å². The number of piperidine rings is 1. The lowest BCUT2D eigenvalue weighted by Crippen LogP contribution is -2.47. The third-order valence-corrected chi connectivity index (χ3v) is 8.50. The molecular formula is C24H28F2N2O3S. The molecular weight excluding hydrogens is 434 g/mol. The molecule has 1 unspecified atom stereocenters. The molecule has 2 aliphatic rings. The number of rotatable bonds is 7. The first-order valence-electron chi connectivity index (χ1n) is 11.1. The summed E-state index contributed by atoms with van der Waals surface area (Å²) in [5, 5.41) is 0. The van der Waals surface area contributed by atoms with Crippen LogP contribution in [-0.4, -0.2) is 42.7 Å². The number of amides is 1. The summed E-state index contributed by atoms with van der Waals surface area (Å²) in [4.78, 5) is 14.7. The van der Waals surface area contributed by atoms with Gasteiger partial charge in [-0.05, 0) is 62.3 Å². The van der Waals surface area contributed by atoms with E-state index >= 15 is 0 Å². The third-order valence-electron chi connectivity index (χ3n) is 6.59. The predicted octanol–water partition coefficient (Wildman–Crippen LogP) is 4.19. The van der Waals surface area contributed by atoms with Gasteiger partial charge in [0.25, 0.3) is 0 Å². The Kier molecular flexibility index (Phi) is 6.62. The number of hydrogen-bond acceptors (Lipinski definition) is 3. The summed E-state index contributed by atoms with van der Waals surface area (Å²) < 4.78 is 54.4. The Balaban J connectivity index is 1.46. The number of halogens is 2. The molecule has 5 nitrogen and oxygen atoms in total. The molecule has 1 aliphatic carbocycles.